The Hall–Kier alpha value is -3.00. The number of carbonyl (C=O) groups excluding carboxylic acids is 1. The third-order valence-electron chi connectivity index (χ3n) is 3.87. The van der Waals surface area contributed by atoms with Crippen molar-refractivity contribution >= 4 is 23.0 Å². The van der Waals surface area contributed by atoms with E-state index < -0.39 is 16.6 Å². The van der Waals surface area contributed by atoms with E-state index in [0.29, 0.717) is 32.0 Å². The Kier molecular flexibility index (Phi) is 4.90. The minimum Gasteiger partial charge on any atom is -0.378 e. The molecule has 2 aromatic carbocycles. The van der Waals surface area contributed by atoms with Gasteiger partial charge in [-0.3, -0.25) is 14.9 Å². The van der Waals surface area contributed by atoms with E-state index in [1.807, 2.05) is 4.90 Å². The highest BCUT2D eigenvalue weighted by atomic mass is 19.1. The smallest absolute Gasteiger partial charge is 0.294 e. The number of morpholine rings is 1. The highest BCUT2D eigenvalue weighted by Crippen LogP contribution is 2.31. The highest BCUT2D eigenvalue weighted by molar-refractivity contribution is 6.04. The third kappa shape index (κ3) is 3.92. The summed E-state index contributed by atoms with van der Waals surface area (Å²) in [6.07, 6.45) is 0. The van der Waals surface area contributed by atoms with Crippen molar-refractivity contribution in [3.63, 3.8) is 0 Å². The van der Waals surface area contributed by atoms with Crippen molar-refractivity contribution in [2.75, 3.05) is 36.5 Å². The minimum absolute atomic E-state index is 0.0982. The molecule has 25 heavy (non-hydrogen) atoms. The van der Waals surface area contributed by atoms with Gasteiger partial charge in [0, 0.05) is 30.4 Å². The van der Waals surface area contributed by atoms with E-state index in [4.69, 9.17) is 4.74 Å². The molecule has 0 bridgehead atoms. The number of nitrogens with zero attached hydrogens (tertiary/aromatic N) is 2. The predicted molar refractivity (Wildman–Crippen MR) is 90.5 cm³/mol. The molecule has 1 N–H and O–H groups in total. The lowest BCUT2D eigenvalue weighted by Gasteiger charge is -2.28. The standard InChI is InChI=1S/C17H16FN3O4/c18-13-3-1-2-12(10-13)17(22)19-14-4-5-15(16(11-14)21(23)24)20-6-8-25-9-7-20/h1-5,10-11H,6-9H2,(H,19,22). The Balaban J connectivity index is 1.84. The van der Waals surface area contributed by atoms with Crippen LogP contribution in [0.25, 0.3) is 0 Å². The van der Waals surface area contributed by atoms with Crippen molar-refractivity contribution in [3.05, 3.63) is 64.0 Å². The Morgan fingerprint density at radius 1 is 1.20 bits per heavy atom. The summed E-state index contributed by atoms with van der Waals surface area (Å²) >= 11 is 0. The van der Waals surface area contributed by atoms with Crippen LogP contribution in [0.5, 0.6) is 0 Å². The molecule has 0 unspecified atom stereocenters. The summed E-state index contributed by atoms with van der Waals surface area (Å²) in [6.45, 7) is 2.15. The van der Waals surface area contributed by atoms with Crippen molar-refractivity contribution < 1.29 is 18.8 Å². The Bertz CT molecular complexity index is 806. The number of nitro benzene ring substituents is 1. The molecule has 3 rings (SSSR count). The SMILES string of the molecule is O=C(Nc1ccc(N2CCOCC2)c([N+](=O)[O-])c1)c1cccc(F)c1. The van der Waals surface area contributed by atoms with Gasteiger partial charge in [0.15, 0.2) is 0 Å². The van der Waals surface area contributed by atoms with Gasteiger partial charge in [-0.25, -0.2) is 4.39 Å². The number of hydrogen-bond acceptors (Lipinski definition) is 5. The van der Waals surface area contributed by atoms with Crippen LogP contribution in [0.4, 0.5) is 21.5 Å². The second kappa shape index (κ2) is 7.27. The van der Waals surface area contributed by atoms with E-state index in [9.17, 15) is 19.3 Å². The van der Waals surface area contributed by atoms with Crippen LogP contribution in [0.1, 0.15) is 10.4 Å². The van der Waals surface area contributed by atoms with E-state index in [2.05, 4.69) is 5.32 Å². The number of halogens is 1. The van der Waals surface area contributed by atoms with Crippen LogP contribution in [0, 0.1) is 15.9 Å². The largest absolute Gasteiger partial charge is 0.378 e. The molecule has 0 aromatic heterocycles. The fourth-order valence-electron chi connectivity index (χ4n) is 2.65. The molecular weight excluding hydrogens is 329 g/mol. The second-order valence-electron chi connectivity index (χ2n) is 5.52. The molecule has 1 fully saturated rings. The average Bonchev–Trinajstić information content (AvgIpc) is 2.62. The summed E-state index contributed by atoms with van der Waals surface area (Å²) in [7, 11) is 0. The average molecular weight is 345 g/mol. The lowest BCUT2D eigenvalue weighted by molar-refractivity contribution is -0.384. The summed E-state index contributed by atoms with van der Waals surface area (Å²) in [4.78, 5) is 25.0. The zero-order chi connectivity index (χ0) is 17.8. The number of anilines is 2. The highest BCUT2D eigenvalue weighted by Gasteiger charge is 2.22. The lowest BCUT2D eigenvalue weighted by atomic mass is 10.1. The van der Waals surface area contributed by atoms with Gasteiger partial charge in [0.05, 0.1) is 18.1 Å². The van der Waals surface area contributed by atoms with Crippen LogP contribution in [-0.2, 0) is 4.74 Å². The Morgan fingerprint density at radius 2 is 1.96 bits per heavy atom. The van der Waals surface area contributed by atoms with Crippen molar-refractivity contribution in [2.24, 2.45) is 0 Å². The van der Waals surface area contributed by atoms with Gasteiger partial charge in [-0.1, -0.05) is 6.07 Å². The first-order chi connectivity index (χ1) is 12.0. The van der Waals surface area contributed by atoms with Crippen molar-refractivity contribution in [1.29, 1.82) is 0 Å². The molecule has 8 heteroatoms. The molecule has 1 amide bonds. The van der Waals surface area contributed by atoms with Gasteiger partial charge in [-0.15, -0.1) is 0 Å². The molecule has 130 valence electrons. The van der Waals surface area contributed by atoms with Gasteiger partial charge in [-0.05, 0) is 30.3 Å². The van der Waals surface area contributed by atoms with Gasteiger partial charge in [0.2, 0.25) is 0 Å². The number of benzene rings is 2. The predicted octanol–water partition coefficient (Wildman–Crippen LogP) is 2.82. The fourth-order valence-corrected chi connectivity index (χ4v) is 2.65. The van der Waals surface area contributed by atoms with E-state index >= 15 is 0 Å². The van der Waals surface area contributed by atoms with Gasteiger partial charge >= 0.3 is 0 Å². The molecular formula is C17H16FN3O4. The summed E-state index contributed by atoms with van der Waals surface area (Å²) in [5.74, 6) is -1.06. The molecule has 2 aromatic rings. The van der Waals surface area contributed by atoms with Gasteiger partial charge in [-0.2, -0.15) is 0 Å². The number of hydrogen-bond donors (Lipinski definition) is 1. The van der Waals surface area contributed by atoms with Crippen molar-refractivity contribution in [1.82, 2.24) is 0 Å². The maximum atomic E-state index is 13.2. The zero-order valence-corrected chi connectivity index (χ0v) is 13.3. The van der Waals surface area contributed by atoms with Crippen molar-refractivity contribution in [2.45, 2.75) is 0 Å². The Labute approximate surface area is 143 Å². The topological polar surface area (TPSA) is 84.7 Å². The maximum Gasteiger partial charge on any atom is 0.294 e. The lowest BCUT2D eigenvalue weighted by Crippen LogP contribution is -2.36. The van der Waals surface area contributed by atoms with E-state index in [-0.39, 0.29) is 16.9 Å². The van der Waals surface area contributed by atoms with E-state index in [1.54, 1.807) is 12.1 Å². The number of carbonyl (C=O) groups is 1. The van der Waals surface area contributed by atoms with Crippen LogP contribution in [0.15, 0.2) is 42.5 Å². The van der Waals surface area contributed by atoms with E-state index in [1.165, 1.54) is 24.3 Å². The molecule has 0 spiro atoms. The molecule has 0 atom stereocenters. The normalized spacial score (nSPS) is 14.2. The monoisotopic (exact) mass is 345 g/mol. The fraction of sp³-hybridized carbons (Fsp3) is 0.235. The molecule has 0 radical (unpaired) electrons. The van der Waals surface area contributed by atoms with Gasteiger partial charge in [0.25, 0.3) is 11.6 Å². The molecule has 1 saturated heterocycles. The van der Waals surface area contributed by atoms with E-state index in [0.717, 1.165) is 6.07 Å². The summed E-state index contributed by atoms with van der Waals surface area (Å²) in [5, 5.41) is 14.0. The van der Waals surface area contributed by atoms with Gasteiger partial charge < -0.3 is 15.0 Å². The van der Waals surface area contributed by atoms with Crippen LogP contribution < -0.4 is 10.2 Å². The van der Waals surface area contributed by atoms with Crippen LogP contribution in [0.3, 0.4) is 0 Å². The summed E-state index contributed by atoms with van der Waals surface area (Å²) < 4.78 is 18.5. The van der Waals surface area contributed by atoms with Crippen LogP contribution >= 0.6 is 0 Å². The molecule has 1 aliphatic rings. The molecule has 7 nitrogen and oxygen atoms in total. The number of nitro groups is 1. The first-order valence-corrected chi connectivity index (χ1v) is 7.72. The number of amides is 1. The minimum atomic E-state index is -0.534. The summed E-state index contributed by atoms with van der Waals surface area (Å²) in [6, 6.07) is 9.73. The first kappa shape index (κ1) is 16.8. The Morgan fingerprint density at radius 3 is 2.64 bits per heavy atom. The van der Waals surface area contributed by atoms with Crippen LogP contribution in [-0.4, -0.2) is 37.1 Å². The maximum absolute atomic E-state index is 13.2. The number of ether oxygens (including phenoxy) is 1. The molecule has 0 saturated carbocycles. The quantitative estimate of drug-likeness (QED) is 0.680. The zero-order valence-electron chi connectivity index (χ0n) is 13.3. The third-order valence-corrected chi connectivity index (χ3v) is 3.87. The first-order valence-electron chi connectivity index (χ1n) is 7.72. The molecule has 1 aliphatic heterocycles. The van der Waals surface area contributed by atoms with Crippen molar-refractivity contribution in [3.8, 4) is 0 Å². The number of nitrogens with one attached hydrogen (secondary N) is 1. The second-order valence-corrected chi connectivity index (χ2v) is 5.52. The van der Waals surface area contributed by atoms with Crippen LogP contribution in [0.2, 0.25) is 0 Å². The number of rotatable bonds is 4. The molecule has 1 heterocycles. The van der Waals surface area contributed by atoms with Gasteiger partial charge in [0.1, 0.15) is 11.5 Å². The summed E-state index contributed by atoms with van der Waals surface area (Å²) in [5.41, 5.74) is 0.800. The molecule has 0 aliphatic carbocycles.